The number of aldehydes is 1. The van der Waals surface area contributed by atoms with E-state index >= 15 is 0 Å². The van der Waals surface area contributed by atoms with Crippen LogP contribution >= 0.6 is 0 Å². The van der Waals surface area contributed by atoms with Crippen molar-refractivity contribution in [1.82, 2.24) is 15.0 Å². The zero-order valence-electron chi connectivity index (χ0n) is 10.6. The topological polar surface area (TPSA) is 57.0 Å². The highest BCUT2D eigenvalue weighted by Crippen LogP contribution is 2.25. The molecule has 0 aliphatic rings. The Bertz CT molecular complexity index is 544. The fraction of sp³-hybridized carbons (Fsp3) is 0.308. The van der Waals surface area contributed by atoms with Gasteiger partial charge in [0.1, 0.15) is 5.75 Å². The smallest absolute Gasteiger partial charge is 0.172 e. The number of aromatic nitrogens is 3. The second-order valence-electron chi connectivity index (χ2n) is 4.21. The molecular weight excluding hydrogens is 230 g/mol. The third-order valence-corrected chi connectivity index (χ3v) is 2.68. The summed E-state index contributed by atoms with van der Waals surface area (Å²) in [5.41, 5.74) is 1.99. The number of carbonyl (C=O) groups excluding carboxylic acids is 1. The molecule has 5 nitrogen and oxygen atoms in total. The summed E-state index contributed by atoms with van der Waals surface area (Å²) in [5.74, 6) is 0.773. The molecule has 5 heteroatoms. The van der Waals surface area contributed by atoms with Gasteiger partial charge in [0.2, 0.25) is 0 Å². The quantitative estimate of drug-likeness (QED) is 0.776. The van der Waals surface area contributed by atoms with Crippen molar-refractivity contribution >= 4 is 6.29 Å². The van der Waals surface area contributed by atoms with E-state index in [1.165, 1.54) is 0 Å². The predicted molar refractivity (Wildman–Crippen MR) is 67.8 cm³/mol. The Hall–Kier alpha value is -2.17. The van der Waals surface area contributed by atoms with Gasteiger partial charge in [0.15, 0.2) is 12.0 Å². The molecule has 1 heterocycles. The van der Waals surface area contributed by atoms with Crippen LogP contribution in [0.3, 0.4) is 0 Å². The number of carbonyl (C=O) groups is 1. The molecule has 1 aromatic carbocycles. The zero-order valence-corrected chi connectivity index (χ0v) is 10.6. The van der Waals surface area contributed by atoms with Crippen molar-refractivity contribution in [2.24, 2.45) is 0 Å². The minimum Gasteiger partial charge on any atom is -0.497 e. The summed E-state index contributed by atoms with van der Waals surface area (Å²) in [6.07, 6.45) is 0.728. The van der Waals surface area contributed by atoms with Gasteiger partial charge in [0.25, 0.3) is 0 Å². The Morgan fingerprint density at radius 2 is 1.94 bits per heavy atom. The highest BCUT2D eigenvalue weighted by Gasteiger charge is 2.16. The molecule has 0 aliphatic heterocycles. The van der Waals surface area contributed by atoms with E-state index in [4.69, 9.17) is 4.74 Å². The van der Waals surface area contributed by atoms with E-state index in [-0.39, 0.29) is 6.04 Å². The molecule has 18 heavy (non-hydrogen) atoms. The maximum absolute atomic E-state index is 11.0. The van der Waals surface area contributed by atoms with Crippen LogP contribution in [0.15, 0.2) is 24.3 Å². The number of ether oxygens (including phenoxy) is 1. The van der Waals surface area contributed by atoms with Crippen molar-refractivity contribution in [1.29, 1.82) is 0 Å². The van der Waals surface area contributed by atoms with Crippen LogP contribution in [0.5, 0.6) is 5.75 Å². The van der Waals surface area contributed by atoms with Gasteiger partial charge in [0, 0.05) is 11.6 Å². The first kappa shape index (κ1) is 12.3. The van der Waals surface area contributed by atoms with Gasteiger partial charge in [-0.2, -0.15) is 0 Å². The molecule has 2 rings (SSSR count). The van der Waals surface area contributed by atoms with Gasteiger partial charge in [-0.3, -0.25) is 4.79 Å². The molecule has 0 bridgehead atoms. The second-order valence-corrected chi connectivity index (χ2v) is 4.21. The van der Waals surface area contributed by atoms with Crippen molar-refractivity contribution < 1.29 is 9.53 Å². The van der Waals surface area contributed by atoms with Crippen molar-refractivity contribution in [2.45, 2.75) is 19.9 Å². The van der Waals surface area contributed by atoms with Gasteiger partial charge in [0.05, 0.1) is 12.8 Å². The Morgan fingerprint density at radius 3 is 2.44 bits per heavy atom. The predicted octanol–water partition coefficient (Wildman–Crippen LogP) is 2.35. The first-order valence-electron chi connectivity index (χ1n) is 5.72. The first-order valence-corrected chi connectivity index (χ1v) is 5.72. The van der Waals surface area contributed by atoms with Gasteiger partial charge in [-0.1, -0.05) is 5.21 Å². The maximum Gasteiger partial charge on any atom is 0.172 e. The Labute approximate surface area is 105 Å². The van der Waals surface area contributed by atoms with Crippen LogP contribution in [0, 0.1) is 0 Å². The van der Waals surface area contributed by atoms with Crippen LogP contribution in [-0.4, -0.2) is 28.4 Å². The first-order chi connectivity index (χ1) is 8.67. The third-order valence-electron chi connectivity index (χ3n) is 2.68. The van der Waals surface area contributed by atoms with Crippen LogP contribution in [-0.2, 0) is 0 Å². The minimum absolute atomic E-state index is 0.142. The molecule has 0 N–H and O–H groups in total. The average molecular weight is 245 g/mol. The molecule has 0 atom stereocenters. The number of hydrogen-bond donors (Lipinski definition) is 0. The van der Waals surface area contributed by atoms with E-state index in [0.29, 0.717) is 5.69 Å². The fourth-order valence-corrected chi connectivity index (χ4v) is 1.78. The Morgan fingerprint density at radius 1 is 1.28 bits per heavy atom. The highest BCUT2D eigenvalue weighted by molar-refractivity contribution is 5.83. The summed E-state index contributed by atoms with van der Waals surface area (Å²) < 4.78 is 6.85. The van der Waals surface area contributed by atoms with Crippen molar-refractivity contribution in [3.05, 3.63) is 30.0 Å². The third kappa shape index (κ3) is 2.11. The zero-order chi connectivity index (χ0) is 13.1. The van der Waals surface area contributed by atoms with E-state index in [0.717, 1.165) is 23.3 Å². The molecule has 0 radical (unpaired) electrons. The van der Waals surface area contributed by atoms with E-state index in [9.17, 15) is 4.79 Å². The average Bonchev–Trinajstić information content (AvgIpc) is 2.82. The molecule has 2 aromatic rings. The summed E-state index contributed by atoms with van der Waals surface area (Å²) in [7, 11) is 1.62. The summed E-state index contributed by atoms with van der Waals surface area (Å²) in [6, 6.07) is 7.62. The van der Waals surface area contributed by atoms with Crippen LogP contribution in [0.2, 0.25) is 0 Å². The summed E-state index contributed by atoms with van der Waals surface area (Å²) >= 11 is 0. The maximum atomic E-state index is 11.0. The lowest BCUT2D eigenvalue weighted by Crippen LogP contribution is -2.05. The van der Waals surface area contributed by atoms with Crippen LogP contribution in [0.1, 0.15) is 30.4 Å². The minimum atomic E-state index is 0.142. The van der Waals surface area contributed by atoms with Gasteiger partial charge >= 0.3 is 0 Å². The summed E-state index contributed by atoms with van der Waals surface area (Å²) in [6.45, 7) is 3.99. The molecule has 0 saturated heterocycles. The van der Waals surface area contributed by atoms with Gasteiger partial charge in [-0.25, -0.2) is 4.68 Å². The molecule has 0 spiro atoms. The van der Waals surface area contributed by atoms with E-state index in [2.05, 4.69) is 10.3 Å². The number of hydrogen-bond acceptors (Lipinski definition) is 4. The molecule has 0 unspecified atom stereocenters. The summed E-state index contributed by atoms with van der Waals surface area (Å²) in [4.78, 5) is 11.0. The lowest BCUT2D eigenvalue weighted by Gasteiger charge is -2.10. The molecule has 0 saturated carbocycles. The number of benzene rings is 1. The SMILES string of the molecule is COc1ccc(-c2c(C=O)nnn2C(C)C)cc1. The van der Waals surface area contributed by atoms with Crippen LogP contribution in [0.4, 0.5) is 0 Å². The van der Waals surface area contributed by atoms with Crippen LogP contribution in [0.25, 0.3) is 11.3 Å². The van der Waals surface area contributed by atoms with Gasteiger partial charge < -0.3 is 4.74 Å². The molecule has 0 aliphatic carbocycles. The molecule has 1 aromatic heterocycles. The lowest BCUT2D eigenvalue weighted by atomic mass is 10.1. The normalized spacial score (nSPS) is 10.7. The molecule has 0 amide bonds. The molecular formula is C13H15N3O2. The number of methoxy groups -OCH3 is 1. The monoisotopic (exact) mass is 245 g/mol. The van der Waals surface area contributed by atoms with E-state index in [1.54, 1.807) is 11.8 Å². The Kier molecular flexibility index (Phi) is 3.41. The highest BCUT2D eigenvalue weighted by atomic mass is 16.5. The molecule has 94 valence electrons. The number of rotatable bonds is 4. The van der Waals surface area contributed by atoms with Gasteiger partial charge in [-0.05, 0) is 38.1 Å². The van der Waals surface area contributed by atoms with Crippen molar-refractivity contribution in [3.8, 4) is 17.0 Å². The molecule has 0 fully saturated rings. The van der Waals surface area contributed by atoms with Gasteiger partial charge in [-0.15, -0.1) is 5.10 Å². The fourth-order valence-electron chi connectivity index (χ4n) is 1.78. The van der Waals surface area contributed by atoms with Crippen molar-refractivity contribution in [2.75, 3.05) is 7.11 Å². The second kappa shape index (κ2) is 5.00. The summed E-state index contributed by atoms with van der Waals surface area (Å²) in [5, 5.41) is 7.90. The van der Waals surface area contributed by atoms with Crippen LogP contribution < -0.4 is 4.74 Å². The standard InChI is InChI=1S/C13H15N3O2/c1-9(2)16-13(12(8-17)14-15-16)10-4-6-11(18-3)7-5-10/h4-9H,1-3H3. The lowest BCUT2D eigenvalue weighted by molar-refractivity contribution is 0.111. The van der Waals surface area contributed by atoms with Crippen molar-refractivity contribution in [3.63, 3.8) is 0 Å². The van der Waals surface area contributed by atoms with E-state index < -0.39 is 0 Å². The van der Waals surface area contributed by atoms with E-state index in [1.807, 2.05) is 38.1 Å². The Balaban J connectivity index is 2.53. The largest absolute Gasteiger partial charge is 0.497 e. The number of nitrogens with zero attached hydrogens (tertiary/aromatic N) is 3.